The first-order chi connectivity index (χ1) is 6.58. The van der Waals surface area contributed by atoms with Crippen LogP contribution in [0.2, 0.25) is 0 Å². The fourth-order valence-electron chi connectivity index (χ4n) is 2.63. The number of esters is 1. The maximum Gasteiger partial charge on any atom is 0.326 e. The van der Waals surface area contributed by atoms with Crippen molar-refractivity contribution in [2.45, 2.75) is 24.5 Å². The van der Waals surface area contributed by atoms with Crippen LogP contribution < -0.4 is 0 Å². The maximum atomic E-state index is 11.7. The Morgan fingerprint density at radius 1 is 1.79 bits per heavy atom. The number of hydrogen-bond donors (Lipinski definition) is 1. The minimum absolute atomic E-state index is 0.243. The molecule has 14 heavy (non-hydrogen) atoms. The SMILES string of the molecule is C=C1CN2CC(O)C[C@]2(C(=O)OC)C1. The lowest BCUT2D eigenvalue weighted by atomic mass is 9.92. The first-order valence-corrected chi connectivity index (χ1v) is 4.77. The predicted molar refractivity (Wildman–Crippen MR) is 50.7 cm³/mol. The van der Waals surface area contributed by atoms with Gasteiger partial charge in [-0.05, 0) is 6.42 Å². The lowest BCUT2D eigenvalue weighted by Gasteiger charge is -2.27. The molecule has 2 atom stereocenters. The second kappa shape index (κ2) is 3.07. The van der Waals surface area contributed by atoms with Gasteiger partial charge in [0.05, 0.1) is 13.2 Å². The molecule has 2 aliphatic rings. The van der Waals surface area contributed by atoms with E-state index in [9.17, 15) is 9.90 Å². The van der Waals surface area contributed by atoms with E-state index in [4.69, 9.17) is 4.74 Å². The molecule has 1 unspecified atom stereocenters. The van der Waals surface area contributed by atoms with Gasteiger partial charge in [0.25, 0.3) is 0 Å². The zero-order valence-corrected chi connectivity index (χ0v) is 8.32. The van der Waals surface area contributed by atoms with Crippen LogP contribution in [-0.2, 0) is 9.53 Å². The number of carbonyl (C=O) groups excluding carboxylic acids is 1. The van der Waals surface area contributed by atoms with Crippen LogP contribution in [0.1, 0.15) is 12.8 Å². The monoisotopic (exact) mass is 197 g/mol. The number of carbonyl (C=O) groups is 1. The van der Waals surface area contributed by atoms with Crippen LogP contribution in [0.15, 0.2) is 12.2 Å². The Morgan fingerprint density at radius 2 is 2.50 bits per heavy atom. The van der Waals surface area contributed by atoms with Crippen molar-refractivity contribution < 1.29 is 14.6 Å². The summed E-state index contributed by atoms with van der Waals surface area (Å²) in [5, 5.41) is 9.55. The van der Waals surface area contributed by atoms with Crippen molar-refractivity contribution in [2.75, 3.05) is 20.2 Å². The van der Waals surface area contributed by atoms with Gasteiger partial charge in [-0.3, -0.25) is 9.69 Å². The number of β-amino-alcohol motifs (C(OH)–C–C–N with tert-alkyl or cyclic N) is 1. The maximum absolute atomic E-state index is 11.7. The van der Waals surface area contributed by atoms with Crippen LogP contribution in [0.3, 0.4) is 0 Å². The van der Waals surface area contributed by atoms with Crippen molar-refractivity contribution in [3.63, 3.8) is 0 Å². The van der Waals surface area contributed by atoms with Gasteiger partial charge in [-0.2, -0.15) is 0 Å². The van der Waals surface area contributed by atoms with E-state index in [2.05, 4.69) is 6.58 Å². The zero-order valence-electron chi connectivity index (χ0n) is 8.32. The molecule has 0 spiro atoms. The Kier molecular flexibility index (Phi) is 2.12. The quantitative estimate of drug-likeness (QED) is 0.472. The third-order valence-electron chi connectivity index (χ3n) is 3.13. The number of rotatable bonds is 1. The van der Waals surface area contributed by atoms with Crippen molar-refractivity contribution in [3.05, 3.63) is 12.2 Å². The molecule has 2 fully saturated rings. The molecule has 4 nitrogen and oxygen atoms in total. The van der Waals surface area contributed by atoms with Crippen LogP contribution in [0.5, 0.6) is 0 Å². The number of fused-ring (bicyclic) bond motifs is 1. The molecule has 0 aliphatic carbocycles. The molecule has 0 aromatic heterocycles. The molecule has 0 bridgehead atoms. The van der Waals surface area contributed by atoms with Crippen molar-refractivity contribution in [3.8, 4) is 0 Å². The Hall–Kier alpha value is -0.870. The molecule has 0 aromatic carbocycles. The predicted octanol–water partition coefficient (Wildman–Crippen LogP) is -0.0753. The molecule has 0 saturated carbocycles. The largest absolute Gasteiger partial charge is 0.468 e. The molecular weight excluding hydrogens is 182 g/mol. The van der Waals surface area contributed by atoms with Crippen LogP contribution in [0.4, 0.5) is 0 Å². The lowest BCUT2D eigenvalue weighted by Crippen LogP contribution is -2.46. The third kappa shape index (κ3) is 1.18. The Labute approximate surface area is 83.2 Å². The molecule has 78 valence electrons. The van der Waals surface area contributed by atoms with E-state index in [1.165, 1.54) is 7.11 Å². The average Bonchev–Trinajstić information content (AvgIpc) is 2.55. The highest BCUT2D eigenvalue weighted by atomic mass is 16.5. The van der Waals surface area contributed by atoms with Crippen molar-refractivity contribution >= 4 is 5.97 Å². The minimum atomic E-state index is -0.620. The number of aliphatic hydroxyl groups excluding tert-OH is 1. The van der Waals surface area contributed by atoms with E-state index in [0.717, 1.165) is 5.57 Å². The summed E-state index contributed by atoms with van der Waals surface area (Å²) in [4.78, 5) is 13.7. The molecule has 1 N–H and O–H groups in total. The van der Waals surface area contributed by atoms with Gasteiger partial charge < -0.3 is 9.84 Å². The van der Waals surface area contributed by atoms with E-state index >= 15 is 0 Å². The average molecular weight is 197 g/mol. The normalized spacial score (nSPS) is 37.3. The smallest absolute Gasteiger partial charge is 0.326 e. The van der Waals surface area contributed by atoms with E-state index in [1.54, 1.807) is 0 Å². The van der Waals surface area contributed by atoms with E-state index in [1.807, 2.05) is 4.90 Å². The van der Waals surface area contributed by atoms with E-state index in [0.29, 0.717) is 25.9 Å². The zero-order chi connectivity index (χ0) is 10.3. The molecule has 0 amide bonds. The summed E-state index contributed by atoms with van der Waals surface area (Å²) in [6.45, 7) is 5.14. The van der Waals surface area contributed by atoms with Gasteiger partial charge in [-0.1, -0.05) is 12.2 Å². The van der Waals surface area contributed by atoms with Crippen LogP contribution in [0.25, 0.3) is 0 Å². The first-order valence-electron chi connectivity index (χ1n) is 4.77. The second-order valence-corrected chi connectivity index (χ2v) is 4.19. The summed E-state index contributed by atoms with van der Waals surface area (Å²) >= 11 is 0. The fourth-order valence-corrected chi connectivity index (χ4v) is 2.63. The molecular formula is C10H15NO3. The molecule has 2 saturated heterocycles. The summed E-state index contributed by atoms with van der Waals surface area (Å²) in [6.07, 6.45) is 0.678. The van der Waals surface area contributed by atoms with Crippen molar-refractivity contribution in [1.29, 1.82) is 0 Å². The van der Waals surface area contributed by atoms with E-state index < -0.39 is 11.6 Å². The van der Waals surface area contributed by atoms with Gasteiger partial charge >= 0.3 is 5.97 Å². The topological polar surface area (TPSA) is 49.8 Å². The van der Waals surface area contributed by atoms with Crippen LogP contribution in [0, 0.1) is 0 Å². The highest BCUT2D eigenvalue weighted by molar-refractivity contribution is 5.82. The number of ether oxygens (including phenoxy) is 1. The Bertz CT molecular complexity index is 289. The fraction of sp³-hybridized carbons (Fsp3) is 0.700. The summed E-state index contributed by atoms with van der Waals surface area (Å²) in [7, 11) is 1.39. The van der Waals surface area contributed by atoms with Crippen molar-refractivity contribution in [1.82, 2.24) is 4.90 Å². The molecule has 0 radical (unpaired) electrons. The van der Waals surface area contributed by atoms with Crippen LogP contribution in [-0.4, -0.2) is 47.8 Å². The van der Waals surface area contributed by atoms with Gasteiger partial charge in [0.1, 0.15) is 5.54 Å². The highest BCUT2D eigenvalue weighted by Gasteiger charge is 2.55. The lowest BCUT2D eigenvalue weighted by molar-refractivity contribution is -0.151. The summed E-state index contributed by atoms with van der Waals surface area (Å²) < 4.78 is 4.80. The second-order valence-electron chi connectivity index (χ2n) is 4.19. The molecule has 2 rings (SSSR count). The summed E-state index contributed by atoms with van der Waals surface area (Å²) in [6, 6.07) is 0. The summed E-state index contributed by atoms with van der Waals surface area (Å²) in [5.41, 5.74) is 0.424. The molecule has 4 heteroatoms. The van der Waals surface area contributed by atoms with Crippen molar-refractivity contribution in [2.24, 2.45) is 0 Å². The van der Waals surface area contributed by atoms with E-state index in [-0.39, 0.29) is 5.97 Å². The number of methoxy groups -OCH3 is 1. The Morgan fingerprint density at radius 3 is 3.14 bits per heavy atom. The number of nitrogens with zero attached hydrogens (tertiary/aromatic N) is 1. The number of hydrogen-bond acceptors (Lipinski definition) is 4. The molecule has 0 aromatic rings. The molecule has 2 aliphatic heterocycles. The Balaban J connectivity index is 2.29. The molecule has 2 heterocycles. The minimum Gasteiger partial charge on any atom is -0.468 e. The van der Waals surface area contributed by atoms with Gasteiger partial charge in [-0.25, -0.2) is 0 Å². The van der Waals surface area contributed by atoms with Gasteiger partial charge in [0, 0.05) is 19.5 Å². The van der Waals surface area contributed by atoms with Crippen LogP contribution >= 0.6 is 0 Å². The first kappa shape index (κ1) is 9.68. The van der Waals surface area contributed by atoms with Gasteiger partial charge in [0.15, 0.2) is 0 Å². The van der Waals surface area contributed by atoms with Gasteiger partial charge in [0.2, 0.25) is 0 Å². The summed E-state index contributed by atoms with van der Waals surface area (Å²) in [5.74, 6) is -0.243. The highest BCUT2D eigenvalue weighted by Crippen LogP contribution is 2.41. The third-order valence-corrected chi connectivity index (χ3v) is 3.13. The number of aliphatic hydroxyl groups is 1. The standard InChI is InChI=1S/C10H15NO3/c1-7-3-10(9(13)14-2)4-8(12)6-11(10)5-7/h8,12H,1,3-6H2,2H3/t8?,10-/m0/s1. The van der Waals surface area contributed by atoms with Gasteiger partial charge in [-0.15, -0.1) is 0 Å².